The van der Waals surface area contributed by atoms with E-state index in [-0.39, 0.29) is 0 Å². The third-order valence-corrected chi connectivity index (χ3v) is 4.30. The number of anilines is 1. The van der Waals surface area contributed by atoms with Crippen molar-refractivity contribution >= 4 is 17.2 Å². The summed E-state index contributed by atoms with van der Waals surface area (Å²) in [5.41, 5.74) is 0.871. The molecule has 0 amide bonds. The molecule has 0 saturated heterocycles. The molecule has 4 heteroatoms. The minimum absolute atomic E-state index is 0.451. The fourth-order valence-corrected chi connectivity index (χ4v) is 2.87. The topological polar surface area (TPSA) is 36.4 Å². The second-order valence-corrected chi connectivity index (χ2v) is 6.10. The van der Waals surface area contributed by atoms with Crippen LogP contribution in [0.3, 0.4) is 0 Å². The summed E-state index contributed by atoms with van der Waals surface area (Å²) in [4.78, 5) is 8.25. The van der Waals surface area contributed by atoms with Crippen LogP contribution in [-0.2, 0) is 6.54 Å². The van der Waals surface area contributed by atoms with Gasteiger partial charge < -0.3 is 10.0 Å². The average molecular weight is 274 g/mol. The minimum Gasteiger partial charge on any atom is -0.389 e. The molecule has 3 nitrogen and oxygen atoms in total. The number of rotatable bonds is 5. The maximum atomic E-state index is 9.53. The molecular weight excluding hydrogens is 256 g/mol. The van der Waals surface area contributed by atoms with Gasteiger partial charge in [-0.05, 0) is 42.8 Å². The Balaban J connectivity index is 1.79. The number of aliphatic hydroxyl groups is 1. The molecule has 0 bridgehead atoms. The van der Waals surface area contributed by atoms with Crippen LogP contribution in [0.4, 0.5) is 5.82 Å². The van der Waals surface area contributed by atoms with E-state index in [4.69, 9.17) is 0 Å². The van der Waals surface area contributed by atoms with Crippen molar-refractivity contribution in [3.63, 3.8) is 0 Å². The zero-order valence-electron chi connectivity index (χ0n) is 11.0. The lowest BCUT2D eigenvalue weighted by molar-refractivity contribution is 0.199. The Hall–Kier alpha value is -1.39. The van der Waals surface area contributed by atoms with Crippen molar-refractivity contribution in [1.29, 1.82) is 0 Å². The lowest BCUT2D eigenvalue weighted by Crippen LogP contribution is -2.25. The lowest BCUT2D eigenvalue weighted by atomic mass is 10.2. The molecule has 100 valence electrons. The van der Waals surface area contributed by atoms with Crippen molar-refractivity contribution in [1.82, 2.24) is 4.98 Å². The molecule has 1 atom stereocenters. The van der Waals surface area contributed by atoms with E-state index in [2.05, 4.69) is 27.4 Å². The van der Waals surface area contributed by atoms with Crippen LogP contribution in [0.15, 0.2) is 35.8 Å². The van der Waals surface area contributed by atoms with E-state index in [0.717, 1.165) is 17.9 Å². The van der Waals surface area contributed by atoms with Gasteiger partial charge >= 0.3 is 0 Å². The van der Waals surface area contributed by atoms with Gasteiger partial charge in [0.25, 0.3) is 0 Å². The summed E-state index contributed by atoms with van der Waals surface area (Å²) in [5.74, 6) is 1.01. The van der Waals surface area contributed by atoms with Gasteiger partial charge in [-0.15, -0.1) is 11.3 Å². The van der Waals surface area contributed by atoms with Crippen LogP contribution >= 0.6 is 11.3 Å². The molecule has 1 aliphatic rings. The first kappa shape index (κ1) is 12.6. The quantitative estimate of drug-likeness (QED) is 0.908. The monoisotopic (exact) mass is 274 g/mol. The van der Waals surface area contributed by atoms with Gasteiger partial charge in [0.1, 0.15) is 5.82 Å². The normalized spacial score (nSPS) is 16.3. The Morgan fingerprint density at radius 1 is 1.42 bits per heavy atom. The highest BCUT2D eigenvalue weighted by Gasteiger charge is 2.30. The minimum atomic E-state index is -0.451. The first-order valence-electron chi connectivity index (χ1n) is 6.67. The summed E-state index contributed by atoms with van der Waals surface area (Å²) in [5, 5.41) is 11.6. The first-order chi connectivity index (χ1) is 9.24. The molecule has 2 heterocycles. The molecule has 0 aliphatic heterocycles. The molecule has 19 heavy (non-hydrogen) atoms. The molecule has 1 aliphatic carbocycles. The van der Waals surface area contributed by atoms with Gasteiger partial charge in [0.15, 0.2) is 0 Å². The Kier molecular flexibility index (Phi) is 3.53. The van der Waals surface area contributed by atoms with Crippen LogP contribution in [-0.4, -0.2) is 16.1 Å². The number of hydrogen-bond donors (Lipinski definition) is 1. The standard InChI is InChI=1S/C15H18N2OS/c1-11(18)12-4-7-15(16-9-12)17(13-5-6-13)10-14-3-2-8-19-14/h2-4,7-9,11,13,18H,5-6,10H2,1H3/t11-/m1/s1. The highest BCUT2D eigenvalue weighted by atomic mass is 32.1. The van der Waals surface area contributed by atoms with Gasteiger partial charge in [0, 0.05) is 17.1 Å². The predicted octanol–water partition coefficient (Wildman–Crippen LogP) is 3.37. The molecule has 0 unspecified atom stereocenters. The van der Waals surface area contributed by atoms with Gasteiger partial charge in [-0.2, -0.15) is 0 Å². The number of aliphatic hydroxyl groups excluding tert-OH is 1. The smallest absolute Gasteiger partial charge is 0.129 e. The summed E-state index contributed by atoms with van der Waals surface area (Å²) in [6, 6.07) is 8.89. The van der Waals surface area contributed by atoms with Crippen LogP contribution in [0.5, 0.6) is 0 Å². The highest BCUT2D eigenvalue weighted by molar-refractivity contribution is 7.09. The molecule has 1 N–H and O–H groups in total. The number of aromatic nitrogens is 1. The van der Waals surface area contributed by atoms with Crippen molar-refractivity contribution < 1.29 is 5.11 Å². The van der Waals surface area contributed by atoms with Crippen molar-refractivity contribution in [3.8, 4) is 0 Å². The maximum Gasteiger partial charge on any atom is 0.129 e. The fourth-order valence-electron chi connectivity index (χ4n) is 2.17. The van der Waals surface area contributed by atoms with Crippen LogP contribution < -0.4 is 4.90 Å². The molecule has 1 fully saturated rings. The van der Waals surface area contributed by atoms with Crippen molar-refractivity contribution in [2.75, 3.05) is 4.90 Å². The summed E-state index contributed by atoms with van der Waals surface area (Å²) >= 11 is 1.79. The SMILES string of the molecule is C[C@@H](O)c1ccc(N(Cc2cccs2)C2CC2)nc1. The van der Waals surface area contributed by atoms with E-state index in [1.807, 2.05) is 12.1 Å². The van der Waals surface area contributed by atoms with Gasteiger partial charge in [0.05, 0.1) is 12.6 Å². The first-order valence-corrected chi connectivity index (χ1v) is 7.55. The van der Waals surface area contributed by atoms with Crippen molar-refractivity contribution in [2.45, 2.75) is 38.5 Å². The summed E-state index contributed by atoms with van der Waals surface area (Å²) in [6.07, 6.45) is 3.84. The van der Waals surface area contributed by atoms with Crippen molar-refractivity contribution in [3.05, 3.63) is 46.3 Å². The number of hydrogen-bond acceptors (Lipinski definition) is 4. The van der Waals surface area contributed by atoms with E-state index >= 15 is 0 Å². The maximum absolute atomic E-state index is 9.53. The van der Waals surface area contributed by atoms with Gasteiger partial charge in [0.2, 0.25) is 0 Å². The van der Waals surface area contributed by atoms with E-state index in [9.17, 15) is 5.11 Å². The van der Waals surface area contributed by atoms with Crippen LogP contribution in [0, 0.1) is 0 Å². The number of nitrogens with zero attached hydrogens (tertiary/aromatic N) is 2. The highest BCUT2D eigenvalue weighted by Crippen LogP contribution is 2.33. The Bertz CT molecular complexity index is 518. The zero-order valence-corrected chi connectivity index (χ0v) is 11.8. The van der Waals surface area contributed by atoms with E-state index in [0.29, 0.717) is 6.04 Å². The third kappa shape index (κ3) is 2.96. The Morgan fingerprint density at radius 3 is 2.79 bits per heavy atom. The summed E-state index contributed by atoms with van der Waals surface area (Å²) in [7, 11) is 0. The molecule has 0 aromatic carbocycles. The second kappa shape index (κ2) is 5.31. The predicted molar refractivity (Wildman–Crippen MR) is 78.4 cm³/mol. The molecule has 0 radical (unpaired) electrons. The molecule has 2 aromatic heterocycles. The Labute approximate surface area is 117 Å². The van der Waals surface area contributed by atoms with Gasteiger partial charge in [-0.25, -0.2) is 4.98 Å². The fraction of sp³-hybridized carbons (Fsp3) is 0.400. The zero-order chi connectivity index (χ0) is 13.2. The van der Waals surface area contributed by atoms with Crippen molar-refractivity contribution in [2.24, 2.45) is 0 Å². The number of thiophene rings is 1. The second-order valence-electron chi connectivity index (χ2n) is 5.06. The van der Waals surface area contributed by atoms with Crippen LogP contribution in [0.2, 0.25) is 0 Å². The molecular formula is C15H18N2OS. The molecule has 1 saturated carbocycles. The largest absolute Gasteiger partial charge is 0.389 e. The van der Waals surface area contributed by atoms with Gasteiger partial charge in [-0.3, -0.25) is 0 Å². The average Bonchev–Trinajstić information content (AvgIpc) is 3.13. The summed E-state index contributed by atoms with van der Waals surface area (Å²) < 4.78 is 0. The van der Waals surface area contributed by atoms with Crippen LogP contribution in [0.1, 0.15) is 36.3 Å². The molecule has 0 spiro atoms. The summed E-state index contributed by atoms with van der Waals surface area (Å²) in [6.45, 7) is 2.70. The van der Waals surface area contributed by atoms with Crippen LogP contribution in [0.25, 0.3) is 0 Å². The van der Waals surface area contributed by atoms with E-state index in [1.54, 1.807) is 24.5 Å². The molecule has 2 aromatic rings. The van der Waals surface area contributed by atoms with Gasteiger partial charge in [-0.1, -0.05) is 12.1 Å². The van der Waals surface area contributed by atoms with E-state index in [1.165, 1.54) is 17.7 Å². The third-order valence-electron chi connectivity index (χ3n) is 3.44. The molecule has 3 rings (SSSR count). The Morgan fingerprint density at radius 2 is 2.26 bits per heavy atom. The van der Waals surface area contributed by atoms with E-state index < -0.39 is 6.10 Å². The number of pyridine rings is 1. The lowest BCUT2D eigenvalue weighted by Gasteiger charge is -2.23.